The van der Waals surface area contributed by atoms with E-state index in [1.807, 2.05) is 24.3 Å². The fourth-order valence-electron chi connectivity index (χ4n) is 1.58. The summed E-state index contributed by atoms with van der Waals surface area (Å²) >= 11 is 7.82. The maximum atomic E-state index is 5.52. The Morgan fingerprint density at radius 1 is 1.36 bits per heavy atom. The SMILES string of the molecule is Nc1nc(CO/N=C\C(=S)Oc2nc3ccccc3s2)cs1. The van der Waals surface area contributed by atoms with Crippen molar-refractivity contribution < 1.29 is 9.57 Å². The van der Waals surface area contributed by atoms with Crippen LogP contribution in [0.3, 0.4) is 0 Å². The first-order chi connectivity index (χ1) is 10.7. The third kappa shape index (κ3) is 3.75. The predicted molar refractivity (Wildman–Crippen MR) is 92.7 cm³/mol. The quantitative estimate of drug-likeness (QED) is 0.432. The number of hydrogen-bond acceptors (Lipinski definition) is 9. The molecule has 0 aliphatic heterocycles. The van der Waals surface area contributed by atoms with E-state index in [9.17, 15) is 0 Å². The van der Waals surface area contributed by atoms with Gasteiger partial charge in [-0.3, -0.25) is 0 Å². The average Bonchev–Trinajstić information content (AvgIpc) is 3.09. The van der Waals surface area contributed by atoms with Crippen LogP contribution in [0.2, 0.25) is 0 Å². The Hall–Kier alpha value is -2.10. The Kier molecular flexibility index (Phi) is 4.56. The lowest BCUT2D eigenvalue weighted by molar-refractivity contribution is 0.130. The summed E-state index contributed by atoms with van der Waals surface area (Å²) in [6.07, 6.45) is 1.32. The molecule has 0 saturated heterocycles. The first-order valence-electron chi connectivity index (χ1n) is 6.13. The van der Waals surface area contributed by atoms with E-state index in [0.717, 1.165) is 15.9 Å². The predicted octanol–water partition coefficient (Wildman–Crippen LogP) is 3.24. The normalized spacial score (nSPS) is 11.1. The molecule has 2 N–H and O–H groups in total. The van der Waals surface area contributed by atoms with Crippen molar-refractivity contribution in [1.29, 1.82) is 0 Å². The number of rotatable bonds is 5. The summed E-state index contributed by atoms with van der Waals surface area (Å²) in [6, 6.07) is 7.76. The molecule has 22 heavy (non-hydrogen) atoms. The van der Waals surface area contributed by atoms with Crippen LogP contribution in [0.5, 0.6) is 5.19 Å². The van der Waals surface area contributed by atoms with E-state index < -0.39 is 0 Å². The first-order valence-corrected chi connectivity index (χ1v) is 8.24. The van der Waals surface area contributed by atoms with E-state index in [4.69, 9.17) is 27.5 Å². The smallest absolute Gasteiger partial charge is 0.280 e. The van der Waals surface area contributed by atoms with E-state index in [1.165, 1.54) is 28.9 Å². The summed E-state index contributed by atoms with van der Waals surface area (Å²) in [7, 11) is 0. The lowest BCUT2D eigenvalue weighted by Crippen LogP contribution is -2.06. The van der Waals surface area contributed by atoms with Crippen LogP contribution in [0.15, 0.2) is 34.8 Å². The summed E-state index contributed by atoms with van der Waals surface area (Å²) in [5, 5.41) is 6.69. The van der Waals surface area contributed by atoms with Gasteiger partial charge >= 0.3 is 0 Å². The third-order valence-corrected chi connectivity index (χ3v) is 4.30. The molecule has 1 aromatic carbocycles. The minimum atomic E-state index is 0.178. The third-order valence-electron chi connectivity index (χ3n) is 2.48. The number of thiocarbonyl (C=S) groups is 1. The van der Waals surface area contributed by atoms with Gasteiger partial charge in [0.2, 0.25) is 5.05 Å². The van der Waals surface area contributed by atoms with Gasteiger partial charge in [-0.05, 0) is 24.4 Å². The number of aromatic nitrogens is 2. The number of hydrogen-bond donors (Lipinski definition) is 1. The molecule has 112 valence electrons. The molecule has 2 aromatic heterocycles. The monoisotopic (exact) mass is 350 g/mol. The zero-order valence-electron chi connectivity index (χ0n) is 11.1. The highest BCUT2D eigenvalue weighted by Crippen LogP contribution is 2.27. The molecular formula is C13H10N4O2S3. The molecule has 2 heterocycles. The number of anilines is 1. The molecule has 0 radical (unpaired) electrons. The van der Waals surface area contributed by atoms with Gasteiger partial charge in [-0.1, -0.05) is 28.6 Å². The van der Waals surface area contributed by atoms with Crippen molar-refractivity contribution >= 4 is 61.5 Å². The zero-order valence-corrected chi connectivity index (χ0v) is 13.6. The molecular weight excluding hydrogens is 340 g/mol. The highest BCUT2D eigenvalue weighted by atomic mass is 32.1. The van der Waals surface area contributed by atoms with Crippen LogP contribution in [0, 0.1) is 0 Å². The highest BCUT2D eigenvalue weighted by molar-refractivity contribution is 7.81. The first kappa shape index (κ1) is 14.8. The van der Waals surface area contributed by atoms with Gasteiger partial charge < -0.3 is 15.3 Å². The molecule has 0 bridgehead atoms. The van der Waals surface area contributed by atoms with Crippen molar-refractivity contribution in [3.05, 3.63) is 35.3 Å². The Morgan fingerprint density at radius 3 is 3.00 bits per heavy atom. The molecule has 0 saturated carbocycles. The van der Waals surface area contributed by atoms with E-state index in [0.29, 0.717) is 10.3 Å². The lowest BCUT2D eigenvalue weighted by atomic mass is 10.3. The number of ether oxygens (including phenoxy) is 1. The second-order valence-corrected chi connectivity index (χ2v) is 6.34. The average molecular weight is 350 g/mol. The summed E-state index contributed by atoms with van der Waals surface area (Å²) < 4.78 is 6.47. The van der Waals surface area contributed by atoms with Gasteiger partial charge in [-0.2, -0.15) is 0 Å². The number of benzene rings is 1. The van der Waals surface area contributed by atoms with Crippen molar-refractivity contribution in [2.75, 3.05) is 5.73 Å². The summed E-state index contributed by atoms with van der Waals surface area (Å²) in [6.45, 7) is 0.230. The van der Waals surface area contributed by atoms with Gasteiger partial charge in [0.05, 0.1) is 15.9 Å². The van der Waals surface area contributed by atoms with E-state index >= 15 is 0 Å². The van der Waals surface area contributed by atoms with Gasteiger partial charge in [-0.25, -0.2) is 9.97 Å². The molecule has 0 fully saturated rings. The molecule has 3 aromatic rings. The van der Waals surface area contributed by atoms with Gasteiger partial charge in [0.1, 0.15) is 6.21 Å². The second-order valence-electron chi connectivity index (χ2n) is 4.05. The molecule has 3 rings (SSSR count). The van der Waals surface area contributed by atoms with E-state index in [-0.39, 0.29) is 11.7 Å². The Balaban J connectivity index is 1.52. The van der Waals surface area contributed by atoms with Crippen molar-refractivity contribution in [3.63, 3.8) is 0 Å². The largest absolute Gasteiger partial charge is 0.417 e. The standard InChI is InChI=1S/C13H10N4O2S3/c14-12-16-8(7-21-12)6-18-15-5-11(20)19-13-17-9-3-1-2-4-10(9)22-13/h1-5,7H,6H2,(H2,14,16)/b15-5-. The number of fused-ring (bicyclic) bond motifs is 1. The molecule has 0 atom stereocenters. The molecule has 0 aliphatic carbocycles. The molecule has 6 nitrogen and oxygen atoms in total. The van der Waals surface area contributed by atoms with Gasteiger partial charge in [-0.15, -0.1) is 11.3 Å². The Morgan fingerprint density at radius 2 is 2.23 bits per heavy atom. The van der Waals surface area contributed by atoms with Crippen molar-refractivity contribution in [2.45, 2.75) is 6.61 Å². The molecule has 0 aliphatic rings. The number of nitrogens with zero attached hydrogens (tertiary/aromatic N) is 3. The van der Waals surface area contributed by atoms with Crippen LogP contribution < -0.4 is 10.5 Å². The Bertz CT molecular complexity index is 794. The van der Waals surface area contributed by atoms with E-state index in [1.54, 1.807) is 5.38 Å². The molecule has 0 unspecified atom stereocenters. The van der Waals surface area contributed by atoms with Crippen LogP contribution in [-0.4, -0.2) is 21.2 Å². The number of nitrogens with two attached hydrogens (primary N) is 1. The fourth-order valence-corrected chi connectivity index (χ4v) is 3.13. The van der Waals surface area contributed by atoms with Crippen LogP contribution in [0.1, 0.15) is 5.69 Å². The number of para-hydroxylation sites is 1. The van der Waals surface area contributed by atoms with Gasteiger partial charge in [0, 0.05) is 5.38 Å². The van der Waals surface area contributed by atoms with Gasteiger partial charge in [0.15, 0.2) is 11.7 Å². The van der Waals surface area contributed by atoms with Gasteiger partial charge in [0.25, 0.3) is 5.19 Å². The van der Waals surface area contributed by atoms with E-state index in [2.05, 4.69) is 15.1 Å². The summed E-state index contributed by atoms with van der Waals surface area (Å²) in [5.74, 6) is 0. The minimum absolute atomic E-state index is 0.178. The number of oxime groups is 1. The summed E-state index contributed by atoms with van der Waals surface area (Å²) in [4.78, 5) is 13.4. The summed E-state index contributed by atoms with van der Waals surface area (Å²) in [5.41, 5.74) is 7.11. The Labute approximate surface area is 139 Å². The molecule has 9 heteroatoms. The van der Waals surface area contributed by atoms with Crippen molar-refractivity contribution in [3.8, 4) is 5.19 Å². The minimum Gasteiger partial charge on any atom is -0.417 e. The highest BCUT2D eigenvalue weighted by Gasteiger charge is 2.06. The van der Waals surface area contributed by atoms with Crippen LogP contribution in [0.4, 0.5) is 5.13 Å². The van der Waals surface area contributed by atoms with Crippen LogP contribution in [0.25, 0.3) is 10.2 Å². The fraction of sp³-hybridized carbons (Fsp3) is 0.0769. The van der Waals surface area contributed by atoms with Crippen LogP contribution >= 0.6 is 34.9 Å². The zero-order chi connectivity index (χ0) is 15.4. The molecule has 0 amide bonds. The van der Waals surface area contributed by atoms with Crippen LogP contribution in [-0.2, 0) is 11.4 Å². The number of thiazole rings is 2. The maximum Gasteiger partial charge on any atom is 0.280 e. The van der Waals surface area contributed by atoms with Crippen molar-refractivity contribution in [2.24, 2.45) is 5.16 Å². The lowest BCUT2D eigenvalue weighted by Gasteiger charge is -1.97. The topological polar surface area (TPSA) is 82.6 Å². The maximum absolute atomic E-state index is 5.52. The molecule has 0 spiro atoms. The second kappa shape index (κ2) is 6.77. The van der Waals surface area contributed by atoms with Crippen molar-refractivity contribution in [1.82, 2.24) is 9.97 Å². The number of nitrogen functional groups attached to an aromatic ring is 1.